The number of ether oxygens (including phenoxy) is 1. The molecule has 4 rings (SSSR count). The highest BCUT2D eigenvalue weighted by Gasteiger charge is 2.23. The van der Waals surface area contributed by atoms with Crippen LogP contribution in [0.5, 0.6) is 0 Å². The monoisotopic (exact) mass is 347 g/mol. The Labute approximate surface area is 129 Å². The second-order valence-corrected chi connectivity index (χ2v) is 6.35. The van der Waals surface area contributed by atoms with Crippen LogP contribution in [0.4, 0.5) is 0 Å². The number of aromatic nitrogens is 3. The first-order chi connectivity index (χ1) is 10.1. The van der Waals surface area contributed by atoms with Crippen molar-refractivity contribution in [2.45, 2.75) is 26.0 Å². The first-order valence-electron chi connectivity index (χ1n) is 6.95. The molecule has 108 valence electrons. The van der Waals surface area contributed by atoms with Gasteiger partial charge in [-0.2, -0.15) is 4.73 Å². The van der Waals surface area contributed by atoms with E-state index in [1.165, 1.54) is 0 Å². The minimum atomic E-state index is 0.307. The highest BCUT2D eigenvalue weighted by molar-refractivity contribution is 9.10. The van der Waals surface area contributed by atoms with Crippen LogP contribution in [0.1, 0.15) is 25.2 Å². The molecule has 1 aliphatic heterocycles. The molecule has 2 aromatic heterocycles. The van der Waals surface area contributed by atoms with Gasteiger partial charge in [0.2, 0.25) is 11.7 Å². The van der Waals surface area contributed by atoms with E-state index in [9.17, 15) is 5.21 Å². The standard InChI is InChI=1S/C15H14BrN3O2/c1-9-4-5-21-8-14-17-12-7-18(20)13-6-10(16)2-3-11(13)15(12)19(9)14/h2-3,6-7,9H,4-5,8H2,1H3. The third-order valence-electron chi connectivity index (χ3n) is 4.05. The molecule has 1 aliphatic rings. The van der Waals surface area contributed by atoms with Crippen LogP contribution in [-0.4, -0.2) is 16.2 Å². The van der Waals surface area contributed by atoms with Crippen molar-refractivity contribution in [2.24, 2.45) is 0 Å². The SMILES string of the molecule is CC1CCOCc2nc3c[n+]([O-])c4cc(Br)ccc4c3n21. The summed E-state index contributed by atoms with van der Waals surface area (Å²) in [6.45, 7) is 3.40. The molecule has 0 spiro atoms. The number of hydrogen-bond donors (Lipinski definition) is 0. The zero-order chi connectivity index (χ0) is 14.6. The molecule has 1 atom stereocenters. The topological polar surface area (TPSA) is 54.0 Å². The van der Waals surface area contributed by atoms with Crippen molar-refractivity contribution in [1.82, 2.24) is 9.55 Å². The van der Waals surface area contributed by atoms with Gasteiger partial charge in [0.25, 0.3) is 0 Å². The molecule has 21 heavy (non-hydrogen) atoms. The molecule has 0 fully saturated rings. The first kappa shape index (κ1) is 13.0. The fraction of sp³-hybridized carbons (Fsp3) is 0.333. The average Bonchev–Trinajstić information content (AvgIpc) is 2.72. The van der Waals surface area contributed by atoms with Gasteiger partial charge >= 0.3 is 0 Å². The summed E-state index contributed by atoms with van der Waals surface area (Å²) in [5.74, 6) is 0.894. The molecule has 0 saturated heterocycles. The third-order valence-corrected chi connectivity index (χ3v) is 4.55. The van der Waals surface area contributed by atoms with Crippen molar-refractivity contribution in [3.63, 3.8) is 0 Å². The Hall–Kier alpha value is -1.66. The lowest BCUT2D eigenvalue weighted by molar-refractivity contribution is -0.575. The van der Waals surface area contributed by atoms with Gasteiger partial charge in [0.05, 0.1) is 10.9 Å². The fourth-order valence-electron chi connectivity index (χ4n) is 3.05. The summed E-state index contributed by atoms with van der Waals surface area (Å²) in [6.07, 6.45) is 2.50. The van der Waals surface area contributed by atoms with Gasteiger partial charge in [-0.3, -0.25) is 0 Å². The van der Waals surface area contributed by atoms with Crippen molar-refractivity contribution >= 4 is 37.9 Å². The molecule has 0 aliphatic carbocycles. The number of pyridine rings is 1. The van der Waals surface area contributed by atoms with Gasteiger partial charge in [-0.05, 0) is 25.5 Å². The molecule has 0 saturated carbocycles. The number of hydrogen-bond acceptors (Lipinski definition) is 3. The van der Waals surface area contributed by atoms with E-state index < -0.39 is 0 Å². The molecule has 0 bridgehead atoms. The van der Waals surface area contributed by atoms with Crippen molar-refractivity contribution in [3.8, 4) is 0 Å². The summed E-state index contributed by atoms with van der Waals surface area (Å²) < 4.78 is 9.61. The molecule has 1 aromatic carbocycles. The van der Waals surface area contributed by atoms with Crippen LogP contribution in [0.2, 0.25) is 0 Å². The van der Waals surface area contributed by atoms with Gasteiger partial charge in [-0.1, -0.05) is 15.9 Å². The molecular formula is C15H14BrN3O2. The summed E-state index contributed by atoms with van der Waals surface area (Å²) in [6, 6.07) is 6.09. The number of rotatable bonds is 0. The van der Waals surface area contributed by atoms with Gasteiger partial charge < -0.3 is 14.5 Å². The third kappa shape index (κ3) is 1.93. The Morgan fingerprint density at radius 3 is 3.19 bits per heavy atom. The molecule has 3 aromatic rings. The minimum Gasteiger partial charge on any atom is -0.618 e. The molecule has 6 heteroatoms. The Bertz CT molecular complexity index is 859. The maximum atomic E-state index is 12.2. The van der Waals surface area contributed by atoms with E-state index in [1.807, 2.05) is 18.2 Å². The van der Waals surface area contributed by atoms with Gasteiger partial charge in [0.1, 0.15) is 12.4 Å². The molecule has 1 unspecified atom stereocenters. The highest BCUT2D eigenvalue weighted by atomic mass is 79.9. The summed E-state index contributed by atoms with van der Waals surface area (Å²) in [5, 5.41) is 13.2. The highest BCUT2D eigenvalue weighted by Crippen LogP contribution is 2.31. The van der Waals surface area contributed by atoms with E-state index in [-0.39, 0.29) is 0 Å². The summed E-state index contributed by atoms with van der Waals surface area (Å²) in [4.78, 5) is 4.60. The summed E-state index contributed by atoms with van der Waals surface area (Å²) in [5.41, 5.74) is 2.40. The number of benzene rings is 1. The Morgan fingerprint density at radius 2 is 2.33 bits per heavy atom. The number of halogens is 1. The predicted octanol–water partition coefficient (Wildman–Crippen LogP) is 3.07. The molecule has 0 N–H and O–H groups in total. The maximum absolute atomic E-state index is 12.2. The summed E-state index contributed by atoms with van der Waals surface area (Å²) >= 11 is 3.43. The molecule has 3 heterocycles. The lowest BCUT2D eigenvalue weighted by atomic mass is 10.1. The van der Waals surface area contributed by atoms with Crippen LogP contribution in [0.3, 0.4) is 0 Å². The van der Waals surface area contributed by atoms with E-state index in [2.05, 4.69) is 32.4 Å². The van der Waals surface area contributed by atoms with Gasteiger partial charge in [0, 0.05) is 23.2 Å². The van der Waals surface area contributed by atoms with Crippen LogP contribution in [0.15, 0.2) is 28.9 Å². The minimum absolute atomic E-state index is 0.307. The predicted molar refractivity (Wildman–Crippen MR) is 82.9 cm³/mol. The van der Waals surface area contributed by atoms with Gasteiger partial charge in [-0.25, -0.2) is 4.98 Å². The molecule has 0 radical (unpaired) electrons. The van der Waals surface area contributed by atoms with E-state index in [0.717, 1.165) is 44.5 Å². The summed E-state index contributed by atoms with van der Waals surface area (Å²) in [7, 11) is 0. The molecule has 0 amide bonds. The normalized spacial score (nSPS) is 18.9. The first-order valence-corrected chi connectivity index (χ1v) is 7.74. The average molecular weight is 348 g/mol. The lowest BCUT2D eigenvalue weighted by Gasteiger charge is -2.14. The zero-order valence-electron chi connectivity index (χ0n) is 11.5. The number of fused-ring (bicyclic) bond motifs is 5. The van der Waals surface area contributed by atoms with E-state index in [1.54, 1.807) is 6.20 Å². The van der Waals surface area contributed by atoms with Crippen molar-refractivity contribution in [2.75, 3.05) is 6.61 Å². The van der Waals surface area contributed by atoms with Gasteiger partial charge in [-0.15, -0.1) is 0 Å². The van der Waals surface area contributed by atoms with Crippen molar-refractivity contribution < 1.29 is 9.47 Å². The maximum Gasteiger partial charge on any atom is 0.227 e. The Kier molecular flexibility index (Phi) is 2.90. The largest absolute Gasteiger partial charge is 0.618 e. The second-order valence-electron chi connectivity index (χ2n) is 5.44. The fourth-order valence-corrected chi connectivity index (χ4v) is 3.40. The van der Waals surface area contributed by atoms with Crippen LogP contribution >= 0.6 is 15.9 Å². The van der Waals surface area contributed by atoms with E-state index in [0.29, 0.717) is 18.2 Å². The number of nitrogens with zero attached hydrogens (tertiary/aromatic N) is 3. The van der Waals surface area contributed by atoms with Crippen molar-refractivity contribution in [1.29, 1.82) is 0 Å². The quantitative estimate of drug-likeness (QED) is 0.463. The van der Waals surface area contributed by atoms with Crippen molar-refractivity contribution in [3.05, 3.63) is 39.9 Å². The van der Waals surface area contributed by atoms with E-state index >= 15 is 0 Å². The smallest absolute Gasteiger partial charge is 0.227 e. The Morgan fingerprint density at radius 1 is 1.48 bits per heavy atom. The second kappa shape index (κ2) is 4.68. The van der Waals surface area contributed by atoms with E-state index in [4.69, 9.17) is 4.74 Å². The van der Waals surface area contributed by atoms with Crippen LogP contribution < -0.4 is 4.73 Å². The van der Waals surface area contributed by atoms with Gasteiger partial charge in [0.15, 0.2) is 5.52 Å². The molecular weight excluding hydrogens is 334 g/mol. The van der Waals surface area contributed by atoms with Crippen LogP contribution in [0.25, 0.3) is 21.9 Å². The lowest BCUT2D eigenvalue weighted by Crippen LogP contribution is -2.26. The zero-order valence-corrected chi connectivity index (χ0v) is 13.1. The molecule has 5 nitrogen and oxygen atoms in total. The van der Waals surface area contributed by atoms with Crippen LogP contribution in [0, 0.1) is 5.21 Å². The Balaban J connectivity index is 2.16. The van der Waals surface area contributed by atoms with Crippen LogP contribution in [-0.2, 0) is 11.3 Å². The number of imidazole rings is 1.